The fourth-order valence-electron chi connectivity index (χ4n) is 3.75. The SMILES string of the molecule is CCc1ccc(C2/C(=C(\O)c3ccc(Cl)cc3)C(=O)C(=O)N2c2ccc(F)c(Cl)c2)cc1. The lowest BCUT2D eigenvalue weighted by Crippen LogP contribution is -2.29. The first-order chi connectivity index (χ1) is 15.3. The molecule has 0 saturated carbocycles. The second-order valence-corrected chi connectivity index (χ2v) is 8.21. The highest BCUT2D eigenvalue weighted by molar-refractivity contribution is 6.51. The highest BCUT2D eigenvalue weighted by atomic mass is 35.5. The van der Waals surface area contributed by atoms with Crippen LogP contribution in [0.3, 0.4) is 0 Å². The van der Waals surface area contributed by atoms with E-state index < -0.39 is 23.5 Å². The van der Waals surface area contributed by atoms with E-state index in [1.54, 1.807) is 24.3 Å². The van der Waals surface area contributed by atoms with Gasteiger partial charge in [-0.2, -0.15) is 0 Å². The number of hydrogen-bond acceptors (Lipinski definition) is 3. The van der Waals surface area contributed by atoms with Gasteiger partial charge in [-0.1, -0.05) is 54.4 Å². The Morgan fingerprint density at radius 2 is 1.66 bits per heavy atom. The van der Waals surface area contributed by atoms with Gasteiger partial charge in [0.15, 0.2) is 0 Å². The molecule has 0 spiro atoms. The monoisotopic (exact) mass is 469 g/mol. The van der Waals surface area contributed by atoms with Gasteiger partial charge in [0, 0.05) is 16.3 Å². The number of aliphatic hydroxyl groups excluding tert-OH is 1. The molecule has 7 heteroatoms. The molecule has 1 aliphatic rings. The number of hydrogen-bond donors (Lipinski definition) is 1. The molecule has 0 aliphatic carbocycles. The summed E-state index contributed by atoms with van der Waals surface area (Å²) in [5.41, 5.74) is 2.23. The molecule has 1 amide bonds. The zero-order chi connectivity index (χ0) is 23.0. The van der Waals surface area contributed by atoms with Gasteiger partial charge in [0.2, 0.25) is 0 Å². The summed E-state index contributed by atoms with van der Waals surface area (Å²) < 4.78 is 13.8. The molecule has 3 aromatic carbocycles. The standard InChI is InChI=1S/C25H18Cl2FNO3/c1-2-14-3-5-15(6-4-14)22-21(23(30)16-7-9-17(26)10-8-16)24(31)25(32)29(22)18-11-12-20(28)19(27)13-18/h3-13,22,30H,2H2,1H3/b23-21+. The molecular weight excluding hydrogens is 452 g/mol. The van der Waals surface area contributed by atoms with E-state index in [0.717, 1.165) is 18.1 Å². The smallest absolute Gasteiger partial charge is 0.300 e. The van der Waals surface area contributed by atoms with Crippen molar-refractivity contribution in [3.63, 3.8) is 0 Å². The Balaban J connectivity index is 1.94. The Morgan fingerprint density at radius 1 is 1.00 bits per heavy atom. The highest BCUT2D eigenvalue weighted by Gasteiger charge is 2.47. The minimum absolute atomic E-state index is 0.0676. The van der Waals surface area contributed by atoms with E-state index in [-0.39, 0.29) is 22.0 Å². The number of halogens is 3. The number of nitrogens with zero attached hydrogens (tertiary/aromatic N) is 1. The third-order valence-corrected chi connectivity index (χ3v) is 5.99. The lowest BCUT2D eigenvalue weighted by molar-refractivity contribution is -0.132. The summed E-state index contributed by atoms with van der Waals surface area (Å²) >= 11 is 11.9. The maximum Gasteiger partial charge on any atom is 0.300 e. The van der Waals surface area contributed by atoms with E-state index in [4.69, 9.17) is 23.2 Å². The van der Waals surface area contributed by atoms with Crippen LogP contribution < -0.4 is 4.90 Å². The Hall–Kier alpha value is -3.15. The summed E-state index contributed by atoms with van der Waals surface area (Å²) in [6, 6.07) is 16.6. The molecule has 1 saturated heterocycles. The zero-order valence-corrected chi connectivity index (χ0v) is 18.5. The first-order valence-electron chi connectivity index (χ1n) is 9.92. The van der Waals surface area contributed by atoms with Crippen LogP contribution in [-0.2, 0) is 16.0 Å². The molecule has 0 radical (unpaired) electrons. The van der Waals surface area contributed by atoms with Crippen molar-refractivity contribution in [2.45, 2.75) is 19.4 Å². The molecule has 3 aromatic rings. The van der Waals surface area contributed by atoms with Gasteiger partial charge in [0.25, 0.3) is 11.7 Å². The summed E-state index contributed by atoms with van der Waals surface area (Å²) in [6.07, 6.45) is 0.818. The molecular formula is C25H18Cl2FNO3. The first kappa shape index (κ1) is 22.1. The topological polar surface area (TPSA) is 57.6 Å². The van der Waals surface area contributed by atoms with E-state index in [1.807, 2.05) is 31.2 Å². The Bertz CT molecular complexity index is 1240. The lowest BCUT2D eigenvalue weighted by Gasteiger charge is -2.26. The van der Waals surface area contributed by atoms with Crippen LogP contribution in [0.25, 0.3) is 5.76 Å². The van der Waals surface area contributed by atoms with Crippen LogP contribution in [-0.4, -0.2) is 16.8 Å². The van der Waals surface area contributed by atoms with Crippen LogP contribution in [0, 0.1) is 5.82 Å². The predicted molar refractivity (Wildman–Crippen MR) is 123 cm³/mol. The van der Waals surface area contributed by atoms with E-state index >= 15 is 0 Å². The van der Waals surface area contributed by atoms with Gasteiger partial charge in [0.1, 0.15) is 11.6 Å². The van der Waals surface area contributed by atoms with Crippen LogP contribution in [0.2, 0.25) is 10.0 Å². The maximum absolute atomic E-state index is 13.8. The number of aliphatic hydroxyl groups is 1. The molecule has 1 fully saturated rings. The summed E-state index contributed by atoms with van der Waals surface area (Å²) in [4.78, 5) is 27.4. The number of ketones is 1. The van der Waals surface area contributed by atoms with Crippen LogP contribution in [0.1, 0.15) is 29.7 Å². The minimum Gasteiger partial charge on any atom is -0.507 e. The van der Waals surface area contributed by atoms with Gasteiger partial charge in [-0.3, -0.25) is 14.5 Å². The molecule has 32 heavy (non-hydrogen) atoms. The maximum atomic E-state index is 13.8. The quantitative estimate of drug-likeness (QED) is 0.276. The molecule has 1 heterocycles. The van der Waals surface area contributed by atoms with Crippen LogP contribution in [0.4, 0.5) is 10.1 Å². The van der Waals surface area contributed by atoms with Crippen LogP contribution in [0.15, 0.2) is 72.3 Å². The number of aryl methyl sites for hydroxylation is 1. The fourth-order valence-corrected chi connectivity index (χ4v) is 4.05. The second-order valence-electron chi connectivity index (χ2n) is 7.37. The molecule has 1 atom stereocenters. The van der Waals surface area contributed by atoms with Gasteiger partial charge >= 0.3 is 0 Å². The Kier molecular flexibility index (Phi) is 6.04. The van der Waals surface area contributed by atoms with Crippen molar-refractivity contribution >= 4 is 46.3 Å². The van der Waals surface area contributed by atoms with E-state index in [9.17, 15) is 19.1 Å². The van der Waals surface area contributed by atoms with Crippen LogP contribution >= 0.6 is 23.2 Å². The number of carbonyl (C=O) groups is 2. The summed E-state index contributed by atoms with van der Waals surface area (Å²) in [7, 11) is 0. The Morgan fingerprint density at radius 3 is 2.25 bits per heavy atom. The third kappa shape index (κ3) is 3.90. The fraction of sp³-hybridized carbons (Fsp3) is 0.120. The minimum atomic E-state index is -0.918. The van der Waals surface area contributed by atoms with Crippen molar-refractivity contribution in [2.75, 3.05) is 4.90 Å². The molecule has 1 aliphatic heterocycles. The number of Topliss-reactive ketones (excluding diaryl/α,β-unsaturated/α-hetero) is 1. The van der Waals surface area contributed by atoms with Crippen molar-refractivity contribution in [1.29, 1.82) is 0 Å². The van der Waals surface area contributed by atoms with Gasteiger partial charge < -0.3 is 5.11 Å². The molecule has 162 valence electrons. The van der Waals surface area contributed by atoms with E-state index in [1.165, 1.54) is 17.0 Å². The highest BCUT2D eigenvalue weighted by Crippen LogP contribution is 2.43. The number of anilines is 1. The number of benzene rings is 3. The normalized spacial score (nSPS) is 17.8. The number of amides is 1. The van der Waals surface area contributed by atoms with Gasteiger partial charge in [0.05, 0.1) is 16.6 Å². The summed E-state index contributed by atoms with van der Waals surface area (Å²) in [5.74, 6) is -2.65. The Labute approximate surface area is 194 Å². The van der Waals surface area contributed by atoms with E-state index in [0.29, 0.717) is 16.1 Å². The lowest BCUT2D eigenvalue weighted by atomic mass is 9.94. The zero-order valence-electron chi connectivity index (χ0n) is 17.0. The van der Waals surface area contributed by atoms with Gasteiger partial charge in [-0.15, -0.1) is 0 Å². The third-order valence-electron chi connectivity index (χ3n) is 5.45. The number of rotatable bonds is 4. The van der Waals surface area contributed by atoms with Crippen molar-refractivity contribution < 1.29 is 19.1 Å². The van der Waals surface area contributed by atoms with Crippen molar-refractivity contribution in [3.8, 4) is 0 Å². The van der Waals surface area contributed by atoms with E-state index in [2.05, 4.69) is 0 Å². The van der Waals surface area contributed by atoms with Gasteiger partial charge in [-0.25, -0.2) is 4.39 Å². The summed E-state index contributed by atoms with van der Waals surface area (Å²) in [6.45, 7) is 2.02. The number of carbonyl (C=O) groups excluding carboxylic acids is 2. The van der Waals surface area contributed by atoms with Crippen molar-refractivity contribution in [3.05, 3.63) is 105 Å². The first-order valence-corrected chi connectivity index (χ1v) is 10.7. The molecule has 1 unspecified atom stereocenters. The largest absolute Gasteiger partial charge is 0.507 e. The van der Waals surface area contributed by atoms with Crippen molar-refractivity contribution in [1.82, 2.24) is 0 Å². The molecule has 1 N–H and O–H groups in total. The van der Waals surface area contributed by atoms with Crippen molar-refractivity contribution in [2.24, 2.45) is 0 Å². The molecule has 4 rings (SSSR count). The molecule has 0 aromatic heterocycles. The predicted octanol–water partition coefficient (Wildman–Crippen LogP) is 6.32. The molecule has 0 bridgehead atoms. The molecule has 4 nitrogen and oxygen atoms in total. The summed E-state index contributed by atoms with van der Waals surface area (Å²) in [5, 5.41) is 11.3. The average Bonchev–Trinajstić information content (AvgIpc) is 3.06. The van der Waals surface area contributed by atoms with Gasteiger partial charge in [-0.05, 0) is 60.0 Å². The van der Waals surface area contributed by atoms with Crippen LogP contribution in [0.5, 0.6) is 0 Å². The average molecular weight is 470 g/mol. The second kappa shape index (κ2) is 8.77.